The molecule has 0 aliphatic carbocycles. The molecule has 8 heteroatoms. The van der Waals surface area contributed by atoms with E-state index in [-0.39, 0.29) is 5.11 Å². The van der Waals surface area contributed by atoms with E-state index in [0.29, 0.717) is 5.02 Å². The summed E-state index contributed by atoms with van der Waals surface area (Å²) in [6.07, 6.45) is 1.61. The zero-order chi connectivity index (χ0) is 19.2. The maximum atomic E-state index is 6.38. The van der Waals surface area contributed by atoms with Crippen LogP contribution in [0, 0.1) is 0 Å². The molecule has 27 heavy (non-hydrogen) atoms. The topological polar surface area (TPSA) is 56.9 Å². The van der Waals surface area contributed by atoms with Crippen LogP contribution in [0.5, 0.6) is 0 Å². The summed E-state index contributed by atoms with van der Waals surface area (Å²) in [6, 6.07) is 14.0. The van der Waals surface area contributed by atoms with Crippen LogP contribution in [-0.2, 0) is 6.54 Å². The summed E-state index contributed by atoms with van der Waals surface area (Å²) in [5.41, 5.74) is 11.0. The van der Waals surface area contributed by atoms with Gasteiger partial charge >= 0.3 is 0 Å². The minimum Gasteiger partial charge on any atom is -0.375 e. The molecule has 1 aliphatic heterocycles. The number of halogens is 2. The molecule has 0 radical (unpaired) electrons. The zero-order valence-corrected chi connectivity index (χ0v) is 17.1. The summed E-state index contributed by atoms with van der Waals surface area (Å²) in [4.78, 5) is 4.78. The van der Waals surface area contributed by atoms with Gasteiger partial charge in [-0.3, -0.25) is 10.3 Å². The average molecular weight is 422 g/mol. The van der Waals surface area contributed by atoms with Crippen LogP contribution >= 0.6 is 35.4 Å². The lowest BCUT2D eigenvalue weighted by Gasteiger charge is -2.36. The maximum absolute atomic E-state index is 6.38. The Hall–Kier alpha value is -1.86. The van der Waals surface area contributed by atoms with Crippen LogP contribution in [0.15, 0.2) is 47.6 Å². The highest BCUT2D eigenvalue weighted by atomic mass is 35.5. The Balaban J connectivity index is 1.57. The van der Waals surface area contributed by atoms with Crippen LogP contribution in [0.3, 0.4) is 0 Å². The molecule has 1 aliphatic rings. The Bertz CT molecular complexity index is 835. The molecule has 0 aromatic heterocycles. The summed E-state index contributed by atoms with van der Waals surface area (Å²) in [5, 5.41) is 5.49. The van der Waals surface area contributed by atoms with E-state index in [2.05, 4.69) is 32.5 Å². The van der Waals surface area contributed by atoms with Gasteiger partial charge in [-0.25, -0.2) is 0 Å². The van der Waals surface area contributed by atoms with Crippen molar-refractivity contribution in [3.8, 4) is 0 Å². The van der Waals surface area contributed by atoms with E-state index < -0.39 is 0 Å². The highest BCUT2D eigenvalue weighted by Crippen LogP contribution is 2.24. The molecule has 3 N–H and O–H groups in total. The number of benzene rings is 2. The smallest absolute Gasteiger partial charge is 0.184 e. The number of hydrazone groups is 1. The van der Waals surface area contributed by atoms with E-state index in [1.54, 1.807) is 6.21 Å². The average Bonchev–Trinajstić information content (AvgIpc) is 2.63. The number of hydrogen-bond donors (Lipinski definition) is 2. The van der Waals surface area contributed by atoms with Gasteiger partial charge in [-0.1, -0.05) is 35.3 Å². The normalized spacial score (nSPS) is 15.3. The van der Waals surface area contributed by atoms with E-state index in [9.17, 15) is 0 Å². The molecule has 142 valence electrons. The number of rotatable bonds is 5. The molecule has 1 fully saturated rings. The Labute approximate surface area is 174 Å². The van der Waals surface area contributed by atoms with Crippen molar-refractivity contribution in [2.24, 2.45) is 10.8 Å². The van der Waals surface area contributed by atoms with Crippen LogP contribution < -0.4 is 16.1 Å². The Morgan fingerprint density at radius 3 is 2.59 bits per heavy atom. The minimum absolute atomic E-state index is 0.120. The first-order valence-electron chi connectivity index (χ1n) is 8.61. The molecule has 0 atom stereocenters. The number of nitrogens with one attached hydrogen (secondary N) is 1. The first kappa shape index (κ1) is 19.9. The number of nitrogens with zero attached hydrogens (tertiary/aromatic N) is 3. The summed E-state index contributed by atoms with van der Waals surface area (Å²) >= 11 is 17.2. The Morgan fingerprint density at radius 1 is 1.15 bits per heavy atom. The number of hydrogen-bond acceptors (Lipinski definition) is 4. The van der Waals surface area contributed by atoms with Gasteiger partial charge in [-0.15, -0.1) is 0 Å². The van der Waals surface area contributed by atoms with Gasteiger partial charge in [-0.2, -0.15) is 5.10 Å². The fraction of sp³-hybridized carbons (Fsp3) is 0.263. The van der Waals surface area contributed by atoms with Crippen LogP contribution in [0.25, 0.3) is 0 Å². The van der Waals surface area contributed by atoms with Crippen molar-refractivity contribution in [2.45, 2.75) is 6.54 Å². The van der Waals surface area contributed by atoms with Crippen molar-refractivity contribution >= 4 is 52.4 Å². The molecule has 5 nitrogen and oxygen atoms in total. The van der Waals surface area contributed by atoms with Crippen molar-refractivity contribution in [1.29, 1.82) is 0 Å². The molecule has 0 saturated carbocycles. The number of anilines is 1. The van der Waals surface area contributed by atoms with Crippen molar-refractivity contribution in [1.82, 2.24) is 10.3 Å². The van der Waals surface area contributed by atoms with Gasteiger partial charge in [-0.05, 0) is 48.1 Å². The third-order valence-corrected chi connectivity index (χ3v) is 5.05. The molecule has 1 heterocycles. The van der Waals surface area contributed by atoms with Crippen LogP contribution in [0.1, 0.15) is 11.1 Å². The number of nitrogens with two attached hydrogens (primary N) is 1. The van der Waals surface area contributed by atoms with Gasteiger partial charge in [0.1, 0.15) is 0 Å². The highest BCUT2D eigenvalue weighted by Gasteiger charge is 2.18. The lowest BCUT2D eigenvalue weighted by molar-refractivity contribution is 0.250. The molecular weight excluding hydrogens is 401 g/mol. The van der Waals surface area contributed by atoms with Crippen LogP contribution in [-0.4, -0.2) is 42.4 Å². The van der Waals surface area contributed by atoms with E-state index in [0.717, 1.165) is 49.0 Å². The quantitative estimate of drug-likeness (QED) is 0.439. The van der Waals surface area contributed by atoms with Crippen molar-refractivity contribution < 1.29 is 0 Å². The van der Waals surface area contributed by atoms with Crippen molar-refractivity contribution in [3.63, 3.8) is 0 Å². The van der Waals surface area contributed by atoms with E-state index in [4.69, 9.17) is 41.2 Å². The Morgan fingerprint density at radius 2 is 1.93 bits per heavy atom. The lowest BCUT2D eigenvalue weighted by atomic mass is 10.1. The van der Waals surface area contributed by atoms with Crippen LogP contribution in [0.2, 0.25) is 10.0 Å². The van der Waals surface area contributed by atoms with Crippen LogP contribution in [0.4, 0.5) is 5.69 Å². The predicted octanol–water partition coefficient (Wildman–Crippen LogP) is 3.48. The van der Waals surface area contributed by atoms with E-state index in [1.807, 2.05) is 30.3 Å². The minimum atomic E-state index is 0.120. The van der Waals surface area contributed by atoms with Gasteiger partial charge in [0.25, 0.3) is 0 Å². The predicted molar refractivity (Wildman–Crippen MR) is 118 cm³/mol. The monoisotopic (exact) mass is 421 g/mol. The first-order valence-corrected chi connectivity index (χ1v) is 9.77. The standard InChI is InChI=1S/C19H21Cl2N5S/c20-16-3-1-2-14(10-16)13-25-6-8-26(9-7-25)17-5-4-15(18(21)11-17)12-23-24-19(22)27/h1-5,10-12H,6-9,13H2,(H3,22,24,27)/b23-12+. The van der Waals surface area contributed by atoms with Gasteiger partial charge in [0.15, 0.2) is 5.11 Å². The second kappa shape index (κ2) is 9.37. The molecular formula is C19H21Cl2N5S. The fourth-order valence-electron chi connectivity index (χ4n) is 3.04. The van der Waals surface area contributed by atoms with Gasteiger partial charge in [0.2, 0.25) is 0 Å². The Kier molecular flexibility index (Phi) is 6.90. The van der Waals surface area contributed by atoms with Gasteiger partial charge < -0.3 is 10.6 Å². The summed E-state index contributed by atoms with van der Waals surface area (Å²) in [5.74, 6) is 0. The first-order chi connectivity index (χ1) is 13.0. The van der Waals surface area contributed by atoms with E-state index >= 15 is 0 Å². The summed E-state index contributed by atoms with van der Waals surface area (Å²) in [6.45, 7) is 4.80. The zero-order valence-electron chi connectivity index (χ0n) is 14.7. The van der Waals surface area contributed by atoms with E-state index in [1.165, 1.54) is 5.56 Å². The lowest BCUT2D eigenvalue weighted by Crippen LogP contribution is -2.45. The van der Waals surface area contributed by atoms with Crippen molar-refractivity contribution in [3.05, 3.63) is 63.6 Å². The third-order valence-electron chi connectivity index (χ3n) is 4.40. The molecule has 0 unspecified atom stereocenters. The summed E-state index contributed by atoms with van der Waals surface area (Å²) in [7, 11) is 0. The fourth-order valence-corrected chi connectivity index (χ4v) is 3.53. The molecule has 2 aromatic carbocycles. The molecule has 2 aromatic rings. The van der Waals surface area contributed by atoms with Gasteiger partial charge in [0, 0.05) is 49.0 Å². The molecule has 3 rings (SSSR count). The van der Waals surface area contributed by atoms with Crippen molar-refractivity contribution in [2.75, 3.05) is 31.1 Å². The SMILES string of the molecule is NC(=S)N/N=C/c1ccc(N2CCN(Cc3cccc(Cl)c3)CC2)cc1Cl. The largest absolute Gasteiger partial charge is 0.375 e. The molecule has 0 amide bonds. The molecule has 1 saturated heterocycles. The van der Waals surface area contributed by atoms with Gasteiger partial charge in [0.05, 0.1) is 11.2 Å². The maximum Gasteiger partial charge on any atom is 0.184 e. The second-order valence-corrected chi connectivity index (χ2v) is 7.62. The molecule has 0 bridgehead atoms. The number of thiocarbonyl (C=S) groups is 1. The number of piperazine rings is 1. The summed E-state index contributed by atoms with van der Waals surface area (Å²) < 4.78 is 0. The molecule has 0 spiro atoms. The second-order valence-electron chi connectivity index (χ2n) is 6.33. The third kappa shape index (κ3) is 5.81. The highest BCUT2D eigenvalue weighted by molar-refractivity contribution is 7.80.